The molecule has 1 saturated heterocycles. The fourth-order valence-corrected chi connectivity index (χ4v) is 2.71. The molecule has 4 nitrogen and oxygen atoms in total. The van der Waals surface area contributed by atoms with Crippen LogP contribution < -0.4 is 10.1 Å². The van der Waals surface area contributed by atoms with Gasteiger partial charge < -0.3 is 14.8 Å². The average Bonchev–Trinajstić information content (AvgIpc) is 2.84. The van der Waals surface area contributed by atoms with E-state index in [2.05, 4.69) is 19.2 Å². The molecule has 1 aromatic carbocycles. The molecule has 0 radical (unpaired) electrons. The number of benzene rings is 1. The van der Waals surface area contributed by atoms with Crippen molar-refractivity contribution in [1.29, 1.82) is 0 Å². The van der Waals surface area contributed by atoms with E-state index in [9.17, 15) is 4.79 Å². The van der Waals surface area contributed by atoms with E-state index < -0.39 is 0 Å². The highest BCUT2D eigenvalue weighted by Crippen LogP contribution is 2.28. The van der Waals surface area contributed by atoms with Crippen molar-refractivity contribution in [1.82, 2.24) is 5.32 Å². The Morgan fingerprint density at radius 2 is 2.09 bits per heavy atom. The van der Waals surface area contributed by atoms with Gasteiger partial charge in [0.25, 0.3) is 0 Å². The largest absolute Gasteiger partial charge is 0.494 e. The first-order valence-electron chi connectivity index (χ1n) is 8.15. The Morgan fingerprint density at radius 3 is 2.68 bits per heavy atom. The molecule has 1 aliphatic heterocycles. The zero-order valence-corrected chi connectivity index (χ0v) is 13.9. The number of hydrogen-bond acceptors (Lipinski definition) is 3. The quantitative estimate of drug-likeness (QED) is 0.842. The summed E-state index contributed by atoms with van der Waals surface area (Å²) in [5, 5.41) is 2.98. The van der Waals surface area contributed by atoms with Crippen molar-refractivity contribution >= 4 is 5.91 Å². The molecule has 1 atom stereocenters. The van der Waals surface area contributed by atoms with Gasteiger partial charge in [-0.1, -0.05) is 12.1 Å². The molecule has 0 spiro atoms. The fraction of sp³-hybridized carbons (Fsp3) is 0.611. The Labute approximate surface area is 133 Å². The number of hydrogen-bond donors (Lipinski definition) is 1. The van der Waals surface area contributed by atoms with Crippen LogP contribution in [0.5, 0.6) is 5.75 Å². The van der Waals surface area contributed by atoms with E-state index in [-0.39, 0.29) is 17.6 Å². The van der Waals surface area contributed by atoms with Gasteiger partial charge in [-0.05, 0) is 57.7 Å². The number of aryl methyl sites for hydroxylation is 1. The van der Waals surface area contributed by atoms with Crippen LogP contribution in [0.4, 0.5) is 0 Å². The summed E-state index contributed by atoms with van der Waals surface area (Å²) in [4.78, 5) is 11.9. The zero-order chi connectivity index (χ0) is 16.0. The van der Waals surface area contributed by atoms with E-state index in [0.29, 0.717) is 19.6 Å². The highest BCUT2D eigenvalue weighted by molar-refractivity contribution is 5.76. The molecule has 22 heavy (non-hydrogen) atoms. The Bertz CT molecular complexity index is 482. The highest BCUT2D eigenvalue weighted by atomic mass is 16.5. The lowest BCUT2D eigenvalue weighted by Gasteiger charge is -2.19. The second-order valence-corrected chi connectivity index (χ2v) is 6.42. The van der Waals surface area contributed by atoms with Gasteiger partial charge in [0.1, 0.15) is 5.75 Å². The van der Waals surface area contributed by atoms with Crippen LogP contribution in [0.25, 0.3) is 0 Å². The van der Waals surface area contributed by atoms with E-state index in [1.54, 1.807) is 0 Å². The van der Waals surface area contributed by atoms with Crippen molar-refractivity contribution in [2.75, 3.05) is 13.2 Å². The van der Waals surface area contributed by atoms with Crippen molar-refractivity contribution in [3.63, 3.8) is 0 Å². The molecule has 4 heteroatoms. The molecule has 2 rings (SSSR count). The van der Waals surface area contributed by atoms with Gasteiger partial charge >= 0.3 is 0 Å². The first kappa shape index (κ1) is 16.8. The topological polar surface area (TPSA) is 47.6 Å². The third-order valence-electron chi connectivity index (χ3n) is 3.96. The molecular weight excluding hydrogens is 278 g/mol. The van der Waals surface area contributed by atoms with Gasteiger partial charge in [0, 0.05) is 13.0 Å². The maximum atomic E-state index is 11.9. The summed E-state index contributed by atoms with van der Waals surface area (Å²) in [6.07, 6.45) is 3.48. The minimum absolute atomic E-state index is 0.0439. The third-order valence-corrected chi connectivity index (χ3v) is 3.96. The lowest BCUT2D eigenvalue weighted by atomic mass is 10.1. The lowest BCUT2D eigenvalue weighted by molar-refractivity contribution is -0.122. The fourth-order valence-electron chi connectivity index (χ4n) is 2.71. The Balaban J connectivity index is 1.67. The van der Waals surface area contributed by atoms with Crippen molar-refractivity contribution in [2.24, 2.45) is 0 Å². The molecule has 0 aliphatic carbocycles. The molecule has 1 fully saturated rings. The minimum atomic E-state index is -0.0439. The van der Waals surface area contributed by atoms with Crippen LogP contribution in [0.3, 0.4) is 0 Å². The van der Waals surface area contributed by atoms with Gasteiger partial charge in [-0.15, -0.1) is 0 Å². The molecule has 0 saturated carbocycles. The summed E-state index contributed by atoms with van der Waals surface area (Å²) >= 11 is 0. The second kappa shape index (κ2) is 7.63. The predicted octanol–water partition coefficient (Wildman–Crippen LogP) is 3.09. The maximum Gasteiger partial charge on any atom is 0.220 e. The number of ether oxygens (including phenoxy) is 2. The average molecular weight is 305 g/mol. The van der Waals surface area contributed by atoms with Crippen LogP contribution in [0, 0.1) is 0 Å². The van der Waals surface area contributed by atoms with Crippen molar-refractivity contribution in [3.05, 3.63) is 29.8 Å². The molecule has 1 aliphatic rings. The smallest absolute Gasteiger partial charge is 0.220 e. The van der Waals surface area contributed by atoms with Crippen molar-refractivity contribution < 1.29 is 14.3 Å². The SMILES string of the molecule is CCOc1ccc(CCC(=O)NCC2CCC(C)(C)O2)cc1. The van der Waals surface area contributed by atoms with E-state index in [1.165, 1.54) is 0 Å². The van der Waals surface area contributed by atoms with E-state index in [1.807, 2.05) is 31.2 Å². The Hall–Kier alpha value is -1.55. The van der Waals surface area contributed by atoms with Gasteiger partial charge in [-0.3, -0.25) is 4.79 Å². The van der Waals surface area contributed by atoms with Crippen molar-refractivity contribution in [2.45, 2.75) is 58.2 Å². The molecule has 1 unspecified atom stereocenters. The summed E-state index contributed by atoms with van der Waals surface area (Å²) in [5.41, 5.74) is 1.11. The molecule has 1 N–H and O–H groups in total. The van der Waals surface area contributed by atoms with Crippen LogP contribution in [0.1, 0.15) is 45.6 Å². The van der Waals surface area contributed by atoms with Crippen LogP contribution in [-0.2, 0) is 16.0 Å². The number of carbonyl (C=O) groups is 1. The van der Waals surface area contributed by atoms with Gasteiger partial charge in [-0.2, -0.15) is 0 Å². The summed E-state index contributed by atoms with van der Waals surface area (Å²) in [7, 11) is 0. The number of rotatable bonds is 7. The molecule has 0 aromatic heterocycles. The molecule has 0 bridgehead atoms. The van der Waals surface area contributed by atoms with Crippen LogP contribution in [-0.4, -0.2) is 30.8 Å². The highest BCUT2D eigenvalue weighted by Gasteiger charge is 2.31. The van der Waals surface area contributed by atoms with Crippen LogP contribution in [0.15, 0.2) is 24.3 Å². The van der Waals surface area contributed by atoms with Gasteiger partial charge in [0.15, 0.2) is 0 Å². The Kier molecular flexibility index (Phi) is 5.83. The summed E-state index contributed by atoms with van der Waals surface area (Å²) in [6.45, 7) is 7.45. The molecule has 1 amide bonds. The van der Waals surface area contributed by atoms with Crippen LogP contribution in [0.2, 0.25) is 0 Å². The van der Waals surface area contributed by atoms with E-state index in [0.717, 1.165) is 30.6 Å². The monoisotopic (exact) mass is 305 g/mol. The van der Waals surface area contributed by atoms with Crippen LogP contribution >= 0.6 is 0 Å². The Morgan fingerprint density at radius 1 is 1.36 bits per heavy atom. The lowest BCUT2D eigenvalue weighted by Crippen LogP contribution is -2.33. The summed E-state index contributed by atoms with van der Waals surface area (Å²) in [5.74, 6) is 0.957. The van der Waals surface area contributed by atoms with Gasteiger partial charge in [0.05, 0.1) is 18.3 Å². The van der Waals surface area contributed by atoms with E-state index in [4.69, 9.17) is 9.47 Å². The number of amides is 1. The van der Waals surface area contributed by atoms with Gasteiger partial charge in [0.2, 0.25) is 5.91 Å². The normalized spacial score (nSPS) is 19.9. The second-order valence-electron chi connectivity index (χ2n) is 6.42. The molecule has 1 heterocycles. The predicted molar refractivity (Wildman–Crippen MR) is 87.1 cm³/mol. The number of nitrogens with one attached hydrogen (secondary N) is 1. The molecular formula is C18H27NO3. The third kappa shape index (κ3) is 5.34. The zero-order valence-electron chi connectivity index (χ0n) is 13.9. The summed E-state index contributed by atoms with van der Waals surface area (Å²) in [6, 6.07) is 7.93. The van der Waals surface area contributed by atoms with Crippen molar-refractivity contribution in [3.8, 4) is 5.75 Å². The summed E-state index contributed by atoms with van der Waals surface area (Å²) < 4.78 is 11.3. The molecule has 1 aromatic rings. The molecule has 122 valence electrons. The first-order chi connectivity index (χ1) is 10.5. The van der Waals surface area contributed by atoms with E-state index >= 15 is 0 Å². The van der Waals surface area contributed by atoms with Gasteiger partial charge in [-0.25, -0.2) is 0 Å². The maximum absolute atomic E-state index is 11.9. The number of carbonyl (C=O) groups excluding carboxylic acids is 1. The standard InChI is InChI=1S/C18H27NO3/c1-4-21-15-8-5-14(6-9-15)7-10-17(20)19-13-16-11-12-18(2,3)22-16/h5-6,8-9,16H,4,7,10-13H2,1-3H3,(H,19,20). The minimum Gasteiger partial charge on any atom is -0.494 e. The first-order valence-corrected chi connectivity index (χ1v) is 8.15.